The molecule has 3 aromatic rings. The second-order valence-electron chi connectivity index (χ2n) is 5.16. The minimum Gasteiger partial charge on any atom is -0.389 e. The number of rotatable bonds is 5. The normalized spacial score (nSPS) is 14.2. The van der Waals surface area contributed by atoms with Gasteiger partial charge in [0.15, 0.2) is 0 Å². The van der Waals surface area contributed by atoms with Crippen LogP contribution in [0.4, 0.5) is 0 Å². The molecule has 3 rings (SSSR count). The highest BCUT2D eigenvalue weighted by molar-refractivity contribution is 5.72. The SMILES string of the molecule is N[C@H](Cc1ccccc1)C(O)Cn1nc2ccccc2n1. The molecule has 2 aromatic carbocycles. The minimum absolute atomic E-state index is 0.294. The lowest BCUT2D eigenvalue weighted by Crippen LogP contribution is -2.39. The molecule has 0 fully saturated rings. The number of aliphatic hydroxyl groups is 1. The lowest BCUT2D eigenvalue weighted by Gasteiger charge is -2.18. The predicted molar refractivity (Wildman–Crippen MR) is 81.7 cm³/mol. The number of benzene rings is 2. The molecule has 0 spiro atoms. The number of nitrogens with zero attached hydrogens (tertiary/aromatic N) is 3. The Labute approximate surface area is 123 Å². The molecule has 1 heterocycles. The molecule has 2 atom stereocenters. The molecule has 0 aliphatic heterocycles. The van der Waals surface area contributed by atoms with Gasteiger partial charge in [0.05, 0.1) is 12.6 Å². The summed E-state index contributed by atoms with van der Waals surface area (Å²) in [7, 11) is 0. The van der Waals surface area contributed by atoms with E-state index in [-0.39, 0.29) is 6.04 Å². The highest BCUT2D eigenvalue weighted by Crippen LogP contribution is 2.09. The van der Waals surface area contributed by atoms with Crippen molar-refractivity contribution in [1.29, 1.82) is 0 Å². The summed E-state index contributed by atoms with van der Waals surface area (Å²) >= 11 is 0. The molecule has 0 aliphatic rings. The standard InChI is InChI=1S/C16H18N4O/c17-13(10-12-6-2-1-3-7-12)16(21)11-20-18-14-8-4-5-9-15(14)19-20/h1-9,13,16,21H,10-11,17H2/t13-,16?/m1/s1. The van der Waals surface area contributed by atoms with Gasteiger partial charge in [-0.2, -0.15) is 15.0 Å². The number of fused-ring (bicyclic) bond motifs is 1. The molecule has 0 bridgehead atoms. The molecular formula is C16H18N4O. The van der Waals surface area contributed by atoms with Crippen LogP contribution in [0.15, 0.2) is 54.6 Å². The van der Waals surface area contributed by atoms with Crippen molar-refractivity contribution in [2.45, 2.75) is 25.1 Å². The average Bonchev–Trinajstić information content (AvgIpc) is 2.90. The Hall–Kier alpha value is -2.24. The fourth-order valence-electron chi connectivity index (χ4n) is 2.31. The molecule has 5 nitrogen and oxygen atoms in total. The van der Waals surface area contributed by atoms with Crippen LogP contribution in [-0.2, 0) is 13.0 Å². The molecule has 0 saturated carbocycles. The minimum atomic E-state index is -0.688. The van der Waals surface area contributed by atoms with Crippen molar-refractivity contribution in [3.05, 3.63) is 60.2 Å². The Kier molecular flexibility index (Phi) is 3.94. The molecule has 1 aromatic heterocycles. The molecule has 5 heteroatoms. The van der Waals surface area contributed by atoms with Crippen LogP contribution in [0.3, 0.4) is 0 Å². The lowest BCUT2D eigenvalue weighted by atomic mass is 10.0. The maximum atomic E-state index is 10.2. The summed E-state index contributed by atoms with van der Waals surface area (Å²) in [5.41, 5.74) is 8.83. The molecule has 0 radical (unpaired) electrons. The van der Waals surface area contributed by atoms with E-state index < -0.39 is 6.10 Å². The van der Waals surface area contributed by atoms with E-state index in [0.29, 0.717) is 13.0 Å². The largest absolute Gasteiger partial charge is 0.389 e. The Morgan fingerprint density at radius 3 is 2.14 bits per heavy atom. The summed E-state index contributed by atoms with van der Waals surface area (Å²) < 4.78 is 0. The van der Waals surface area contributed by atoms with Crippen LogP contribution < -0.4 is 5.73 Å². The molecule has 0 amide bonds. The number of aromatic nitrogens is 3. The third-order valence-electron chi connectivity index (χ3n) is 3.49. The Morgan fingerprint density at radius 2 is 1.52 bits per heavy atom. The van der Waals surface area contributed by atoms with Gasteiger partial charge in [0.1, 0.15) is 11.0 Å². The van der Waals surface area contributed by atoms with Gasteiger partial charge in [-0.3, -0.25) is 0 Å². The van der Waals surface area contributed by atoms with Crippen LogP contribution in [0.5, 0.6) is 0 Å². The molecule has 1 unspecified atom stereocenters. The number of hydrogen-bond donors (Lipinski definition) is 2. The van der Waals surface area contributed by atoms with Crippen LogP contribution in [0.2, 0.25) is 0 Å². The Bertz CT molecular complexity index is 677. The number of nitrogens with two attached hydrogens (primary N) is 1. The first-order chi connectivity index (χ1) is 10.2. The molecule has 21 heavy (non-hydrogen) atoms. The van der Waals surface area contributed by atoms with E-state index >= 15 is 0 Å². The lowest BCUT2D eigenvalue weighted by molar-refractivity contribution is 0.116. The third-order valence-corrected chi connectivity index (χ3v) is 3.49. The van der Waals surface area contributed by atoms with Crippen molar-refractivity contribution in [3.8, 4) is 0 Å². The first-order valence-corrected chi connectivity index (χ1v) is 7.00. The van der Waals surface area contributed by atoms with Crippen LogP contribution in [0.25, 0.3) is 11.0 Å². The van der Waals surface area contributed by atoms with Gasteiger partial charge >= 0.3 is 0 Å². The fraction of sp³-hybridized carbons (Fsp3) is 0.250. The zero-order valence-electron chi connectivity index (χ0n) is 11.6. The van der Waals surface area contributed by atoms with Gasteiger partial charge in [-0.05, 0) is 24.1 Å². The summed E-state index contributed by atoms with van der Waals surface area (Å²) in [6, 6.07) is 17.2. The smallest absolute Gasteiger partial charge is 0.113 e. The average molecular weight is 282 g/mol. The van der Waals surface area contributed by atoms with Gasteiger partial charge in [0.25, 0.3) is 0 Å². The van der Waals surface area contributed by atoms with Gasteiger partial charge < -0.3 is 10.8 Å². The second-order valence-corrected chi connectivity index (χ2v) is 5.16. The van der Waals surface area contributed by atoms with E-state index in [1.165, 1.54) is 4.80 Å². The van der Waals surface area contributed by atoms with Crippen LogP contribution in [0, 0.1) is 0 Å². The van der Waals surface area contributed by atoms with E-state index in [1.807, 2.05) is 54.6 Å². The van der Waals surface area contributed by atoms with Crippen molar-refractivity contribution < 1.29 is 5.11 Å². The number of hydrogen-bond acceptors (Lipinski definition) is 4. The van der Waals surface area contributed by atoms with E-state index in [4.69, 9.17) is 5.73 Å². The van der Waals surface area contributed by atoms with Gasteiger partial charge in [0, 0.05) is 6.04 Å². The van der Waals surface area contributed by atoms with Gasteiger partial charge in [-0.1, -0.05) is 42.5 Å². The summed E-state index contributed by atoms with van der Waals surface area (Å²) in [4.78, 5) is 1.51. The second kappa shape index (κ2) is 6.03. The van der Waals surface area contributed by atoms with Crippen LogP contribution in [-0.4, -0.2) is 32.2 Å². The quantitative estimate of drug-likeness (QED) is 0.741. The molecular weight excluding hydrogens is 264 g/mol. The first-order valence-electron chi connectivity index (χ1n) is 7.00. The molecule has 0 saturated heterocycles. The maximum Gasteiger partial charge on any atom is 0.113 e. The highest BCUT2D eigenvalue weighted by atomic mass is 16.3. The van der Waals surface area contributed by atoms with Crippen molar-refractivity contribution in [2.75, 3.05) is 0 Å². The van der Waals surface area contributed by atoms with E-state index in [1.54, 1.807) is 0 Å². The summed E-state index contributed by atoms with van der Waals surface area (Å²) in [5, 5.41) is 18.9. The predicted octanol–water partition coefficient (Wildman–Crippen LogP) is 1.36. The third kappa shape index (κ3) is 3.26. The highest BCUT2D eigenvalue weighted by Gasteiger charge is 2.17. The van der Waals surface area contributed by atoms with Gasteiger partial charge in [-0.15, -0.1) is 0 Å². The van der Waals surface area contributed by atoms with Crippen molar-refractivity contribution in [2.24, 2.45) is 5.73 Å². The Balaban J connectivity index is 1.66. The van der Waals surface area contributed by atoms with Crippen molar-refractivity contribution >= 4 is 11.0 Å². The monoisotopic (exact) mass is 282 g/mol. The number of aliphatic hydroxyl groups excluding tert-OH is 1. The summed E-state index contributed by atoms with van der Waals surface area (Å²) in [5.74, 6) is 0. The van der Waals surface area contributed by atoms with E-state index in [2.05, 4.69) is 10.2 Å². The van der Waals surface area contributed by atoms with Crippen LogP contribution >= 0.6 is 0 Å². The molecule has 0 aliphatic carbocycles. The fourth-order valence-corrected chi connectivity index (χ4v) is 2.31. The van der Waals surface area contributed by atoms with E-state index in [0.717, 1.165) is 16.6 Å². The summed E-state index contributed by atoms with van der Waals surface area (Å²) in [6.07, 6.45) is -0.0602. The zero-order chi connectivity index (χ0) is 14.7. The van der Waals surface area contributed by atoms with Crippen molar-refractivity contribution in [1.82, 2.24) is 15.0 Å². The van der Waals surface area contributed by atoms with Crippen LogP contribution in [0.1, 0.15) is 5.56 Å². The molecule has 3 N–H and O–H groups in total. The Morgan fingerprint density at radius 1 is 0.952 bits per heavy atom. The van der Waals surface area contributed by atoms with Gasteiger partial charge in [0.2, 0.25) is 0 Å². The van der Waals surface area contributed by atoms with Crippen molar-refractivity contribution in [3.63, 3.8) is 0 Å². The van der Waals surface area contributed by atoms with Gasteiger partial charge in [-0.25, -0.2) is 0 Å². The maximum absolute atomic E-state index is 10.2. The topological polar surface area (TPSA) is 77.0 Å². The first kappa shape index (κ1) is 13.7. The summed E-state index contributed by atoms with van der Waals surface area (Å²) in [6.45, 7) is 0.294. The molecule has 108 valence electrons. The van der Waals surface area contributed by atoms with E-state index in [9.17, 15) is 5.11 Å². The zero-order valence-corrected chi connectivity index (χ0v) is 11.6.